The zero-order chi connectivity index (χ0) is 13.8. The molecule has 1 aromatic carbocycles. The molecule has 0 bridgehead atoms. The summed E-state index contributed by atoms with van der Waals surface area (Å²) >= 11 is 6.21. The van der Waals surface area contributed by atoms with Crippen molar-refractivity contribution in [3.8, 4) is 0 Å². The molecule has 0 radical (unpaired) electrons. The van der Waals surface area contributed by atoms with Gasteiger partial charge in [-0.15, -0.1) is 0 Å². The smallest absolute Gasteiger partial charge is 0.0761 e. The van der Waals surface area contributed by atoms with Gasteiger partial charge in [0, 0.05) is 36.4 Å². The van der Waals surface area contributed by atoms with Gasteiger partial charge in [-0.2, -0.15) is 0 Å². The summed E-state index contributed by atoms with van der Waals surface area (Å²) in [6, 6.07) is 7.96. The number of hydrogen-bond acceptors (Lipinski definition) is 3. The molecule has 106 valence electrons. The molecule has 0 atom stereocenters. The van der Waals surface area contributed by atoms with Gasteiger partial charge in [0.1, 0.15) is 0 Å². The largest absolute Gasteiger partial charge is 0.381 e. The van der Waals surface area contributed by atoms with Crippen molar-refractivity contribution >= 4 is 22.5 Å². The van der Waals surface area contributed by atoms with Crippen LogP contribution in [-0.4, -0.2) is 24.7 Å². The Morgan fingerprint density at radius 3 is 2.95 bits per heavy atom. The Bertz CT molecular complexity index is 582. The summed E-state index contributed by atoms with van der Waals surface area (Å²) in [6.45, 7) is 3.68. The summed E-state index contributed by atoms with van der Waals surface area (Å²) in [5, 5.41) is 5.34. The number of pyridine rings is 1. The molecule has 3 nitrogen and oxygen atoms in total. The summed E-state index contributed by atoms with van der Waals surface area (Å²) < 4.78 is 5.38. The van der Waals surface area contributed by atoms with Crippen molar-refractivity contribution in [2.75, 3.05) is 19.8 Å². The Morgan fingerprint density at radius 2 is 2.10 bits per heavy atom. The predicted molar refractivity (Wildman–Crippen MR) is 82.0 cm³/mol. The highest BCUT2D eigenvalue weighted by atomic mass is 35.5. The Morgan fingerprint density at radius 1 is 1.25 bits per heavy atom. The van der Waals surface area contributed by atoms with Gasteiger partial charge in [0.05, 0.1) is 5.52 Å². The third-order valence-corrected chi connectivity index (χ3v) is 4.22. The minimum atomic E-state index is 0.732. The molecule has 2 aromatic rings. The maximum atomic E-state index is 6.21. The molecule has 3 rings (SSSR count). The first-order valence-corrected chi connectivity index (χ1v) is 7.53. The van der Waals surface area contributed by atoms with Crippen molar-refractivity contribution in [3.05, 3.63) is 41.0 Å². The monoisotopic (exact) mass is 290 g/mol. The Hall–Kier alpha value is -1.16. The number of ether oxygens (including phenoxy) is 1. The van der Waals surface area contributed by atoms with E-state index >= 15 is 0 Å². The van der Waals surface area contributed by atoms with E-state index in [2.05, 4.69) is 16.4 Å². The second kappa shape index (κ2) is 6.53. The molecular weight excluding hydrogens is 272 g/mol. The first kappa shape index (κ1) is 13.8. The van der Waals surface area contributed by atoms with Crippen LogP contribution >= 0.6 is 11.6 Å². The van der Waals surface area contributed by atoms with Crippen LogP contribution in [0.4, 0.5) is 0 Å². The quantitative estimate of drug-likeness (QED) is 0.937. The molecule has 20 heavy (non-hydrogen) atoms. The predicted octanol–water partition coefficient (Wildman–Crippen LogP) is 3.40. The lowest BCUT2D eigenvalue weighted by Gasteiger charge is -2.22. The molecule has 1 aromatic heterocycles. The van der Waals surface area contributed by atoms with E-state index in [1.165, 1.54) is 5.56 Å². The molecule has 0 spiro atoms. The maximum Gasteiger partial charge on any atom is 0.0761 e. The molecule has 1 aliphatic rings. The molecule has 0 amide bonds. The minimum Gasteiger partial charge on any atom is -0.381 e. The third kappa shape index (κ3) is 3.11. The van der Waals surface area contributed by atoms with Gasteiger partial charge in [0.25, 0.3) is 0 Å². The fourth-order valence-corrected chi connectivity index (χ4v) is 2.92. The van der Waals surface area contributed by atoms with Gasteiger partial charge in [0.15, 0.2) is 0 Å². The Kier molecular flexibility index (Phi) is 4.51. The summed E-state index contributed by atoms with van der Waals surface area (Å²) in [5.41, 5.74) is 2.21. The van der Waals surface area contributed by atoms with E-state index < -0.39 is 0 Å². The van der Waals surface area contributed by atoms with E-state index in [1.807, 2.05) is 24.4 Å². The first-order valence-electron chi connectivity index (χ1n) is 7.15. The molecule has 1 fully saturated rings. The number of benzene rings is 1. The molecule has 2 heterocycles. The van der Waals surface area contributed by atoms with Crippen molar-refractivity contribution in [2.24, 2.45) is 5.92 Å². The lowest BCUT2D eigenvalue weighted by atomic mass is 10.0. The fraction of sp³-hybridized carbons (Fsp3) is 0.438. The van der Waals surface area contributed by atoms with E-state index in [4.69, 9.17) is 16.3 Å². The summed E-state index contributed by atoms with van der Waals surface area (Å²) in [4.78, 5) is 4.46. The molecular formula is C16H19ClN2O. The highest BCUT2D eigenvalue weighted by Crippen LogP contribution is 2.24. The zero-order valence-corrected chi connectivity index (χ0v) is 12.2. The normalized spacial score (nSPS) is 16.6. The van der Waals surface area contributed by atoms with Crippen LogP contribution in [0.2, 0.25) is 5.02 Å². The zero-order valence-electron chi connectivity index (χ0n) is 11.4. The second-order valence-corrected chi connectivity index (χ2v) is 5.70. The van der Waals surface area contributed by atoms with Gasteiger partial charge in [-0.1, -0.05) is 17.7 Å². The Labute approximate surface area is 124 Å². The Balaban J connectivity index is 1.67. The van der Waals surface area contributed by atoms with Gasteiger partial charge in [-0.3, -0.25) is 4.98 Å². The summed E-state index contributed by atoms with van der Waals surface area (Å²) in [7, 11) is 0. The van der Waals surface area contributed by atoms with E-state index in [-0.39, 0.29) is 0 Å². The highest BCUT2D eigenvalue weighted by molar-refractivity contribution is 6.35. The number of halogens is 1. The third-order valence-electron chi connectivity index (χ3n) is 3.89. The van der Waals surface area contributed by atoms with Crippen molar-refractivity contribution in [1.29, 1.82) is 0 Å². The van der Waals surface area contributed by atoms with Gasteiger partial charge in [-0.05, 0) is 49.1 Å². The van der Waals surface area contributed by atoms with Crippen molar-refractivity contribution in [2.45, 2.75) is 19.4 Å². The van der Waals surface area contributed by atoms with E-state index in [9.17, 15) is 0 Å². The number of fused-ring (bicyclic) bond motifs is 1. The van der Waals surface area contributed by atoms with Gasteiger partial charge in [-0.25, -0.2) is 0 Å². The number of aromatic nitrogens is 1. The molecule has 1 aliphatic heterocycles. The highest BCUT2D eigenvalue weighted by Gasteiger charge is 2.13. The van der Waals surface area contributed by atoms with E-state index in [0.29, 0.717) is 0 Å². The van der Waals surface area contributed by atoms with Gasteiger partial charge >= 0.3 is 0 Å². The van der Waals surface area contributed by atoms with Crippen LogP contribution in [0, 0.1) is 5.92 Å². The number of nitrogens with zero attached hydrogens (tertiary/aromatic N) is 1. The van der Waals surface area contributed by atoms with Crippen molar-refractivity contribution in [3.63, 3.8) is 0 Å². The van der Waals surface area contributed by atoms with Crippen LogP contribution in [0.3, 0.4) is 0 Å². The van der Waals surface area contributed by atoms with Crippen molar-refractivity contribution < 1.29 is 4.74 Å². The molecule has 1 saturated heterocycles. The second-order valence-electron chi connectivity index (χ2n) is 5.29. The average Bonchev–Trinajstić information content (AvgIpc) is 2.51. The molecule has 1 N–H and O–H groups in total. The molecule has 0 unspecified atom stereocenters. The van der Waals surface area contributed by atoms with Crippen molar-refractivity contribution in [1.82, 2.24) is 10.3 Å². The molecule has 0 saturated carbocycles. The van der Waals surface area contributed by atoms with Gasteiger partial charge in [0.2, 0.25) is 0 Å². The summed E-state index contributed by atoms with van der Waals surface area (Å²) in [6.07, 6.45) is 4.14. The topological polar surface area (TPSA) is 34.1 Å². The number of rotatable bonds is 4. The van der Waals surface area contributed by atoms with Gasteiger partial charge < -0.3 is 10.1 Å². The first-order chi connectivity index (χ1) is 9.84. The van der Waals surface area contributed by atoms with Crippen LogP contribution in [0.15, 0.2) is 30.5 Å². The maximum absolute atomic E-state index is 6.21. The van der Waals surface area contributed by atoms with E-state index in [1.54, 1.807) is 0 Å². The minimum absolute atomic E-state index is 0.732. The number of nitrogens with one attached hydrogen (secondary N) is 1. The van der Waals surface area contributed by atoms with Crippen LogP contribution in [0.25, 0.3) is 10.9 Å². The number of hydrogen-bond donors (Lipinski definition) is 1. The van der Waals surface area contributed by atoms with Crippen LogP contribution in [-0.2, 0) is 11.3 Å². The summed E-state index contributed by atoms with van der Waals surface area (Å²) in [5.74, 6) is 0.732. The van der Waals surface area contributed by atoms with Crippen LogP contribution in [0.1, 0.15) is 18.4 Å². The van der Waals surface area contributed by atoms with Crippen LogP contribution < -0.4 is 5.32 Å². The lowest BCUT2D eigenvalue weighted by molar-refractivity contribution is 0.0662. The molecule has 0 aliphatic carbocycles. The van der Waals surface area contributed by atoms with Crippen LogP contribution in [0.5, 0.6) is 0 Å². The lowest BCUT2D eigenvalue weighted by Crippen LogP contribution is -2.27. The standard InChI is InChI=1S/C16H19ClN2O/c17-15-4-3-13(16-14(15)2-1-7-19-16)11-18-10-12-5-8-20-9-6-12/h1-4,7,12,18H,5-6,8-11H2. The van der Waals surface area contributed by atoms with E-state index in [0.717, 1.165) is 61.0 Å². The SMILES string of the molecule is Clc1ccc(CNCC2CCOCC2)c2ncccc12. The average molecular weight is 291 g/mol. The fourth-order valence-electron chi connectivity index (χ4n) is 2.70. The molecule has 4 heteroatoms.